The van der Waals surface area contributed by atoms with Crippen molar-refractivity contribution in [3.05, 3.63) is 66.1 Å². The third-order valence-electron chi connectivity index (χ3n) is 4.86. The molecule has 0 saturated carbocycles. The minimum atomic E-state index is -0.0768. The molecule has 0 aliphatic carbocycles. The molecule has 7 heteroatoms. The maximum absolute atomic E-state index is 12.8. The first-order valence-corrected chi connectivity index (χ1v) is 9.21. The van der Waals surface area contributed by atoms with Crippen molar-refractivity contribution in [2.24, 2.45) is 0 Å². The van der Waals surface area contributed by atoms with E-state index >= 15 is 0 Å². The summed E-state index contributed by atoms with van der Waals surface area (Å²) in [6.45, 7) is 4.93. The number of pyridine rings is 1. The lowest BCUT2D eigenvalue weighted by Crippen LogP contribution is -2.49. The van der Waals surface area contributed by atoms with Crippen LogP contribution in [0.1, 0.15) is 23.0 Å². The Bertz CT molecular complexity index is 898. The average Bonchev–Trinajstić information content (AvgIpc) is 3.24. The van der Waals surface area contributed by atoms with Crippen LogP contribution in [0.25, 0.3) is 5.69 Å². The zero-order valence-corrected chi connectivity index (χ0v) is 15.3. The van der Waals surface area contributed by atoms with Crippen LogP contribution in [-0.4, -0.2) is 57.0 Å². The first-order chi connectivity index (χ1) is 13.2. The lowest BCUT2D eigenvalue weighted by molar-refractivity contribution is 0.0740. The van der Waals surface area contributed by atoms with Gasteiger partial charge in [-0.3, -0.25) is 4.79 Å². The number of hydrogen-bond donors (Lipinski definition) is 0. The van der Waals surface area contributed by atoms with E-state index in [2.05, 4.69) is 39.3 Å². The van der Waals surface area contributed by atoms with Crippen molar-refractivity contribution in [3.63, 3.8) is 0 Å². The predicted octanol–water partition coefficient (Wildman–Crippen LogP) is 2.19. The molecule has 0 bridgehead atoms. The Morgan fingerprint density at radius 1 is 1.04 bits per heavy atom. The molecule has 7 nitrogen and oxygen atoms in total. The van der Waals surface area contributed by atoms with E-state index in [1.807, 2.05) is 35.2 Å². The number of carbonyl (C=O) groups is 1. The number of benzene rings is 1. The molecule has 1 aliphatic heterocycles. The Labute approximate surface area is 158 Å². The molecule has 0 unspecified atom stereocenters. The second kappa shape index (κ2) is 7.57. The summed E-state index contributed by atoms with van der Waals surface area (Å²) < 4.78 is 1.65. The Hall–Kier alpha value is -3.22. The SMILES string of the molecule is CCc1ccc(-n2cc(C(=O)N3CCN(c4ccccn4)CC3)nn2)cc1. The second-order valence-corrected chi connectivity index (χ2v) is 6.54. The highest BCUT2D eigenvalue weighted by molar-refractivity contribution is 5.92. The van der Waals surface area contributed by atoms with Crippen LogP contribution in [0.2, 0.25) is 0 Å². The largest absolute Gasteiger partial charge is 0.353 e. The van der Waals surface area contributed by atoms with Crippen LogP contribution in [0.4, 0.5) is 5.82 Å². The number of amides is 1. The third-order valence-corrected chi connectivity index (χ3v) is 4.86. The summed E-state index contributed by atoms with van der Waals surface area (Å²) in [5, 5.41) is 8.20. The normalized spacial score (nSPS) is 14.4. The average molecular weight is 362 g/mol. The number of anilines is 1. The lowest BCUT2D eigenvalue weighted by Gasteiger charge is -2.34. The standard InChI is InChI=1S/C20H22N6O/c1-2-16-6-8-17(9-7-16)26-15-18(22-23-26)20(27)25-13-11-24(12-14-25)19-5-3-4-10-21-19/h3-10,15H,2,11-14H2,1H3. The fourth-order valence-corrected chi connectivity index (χ4v) is 3.21. The van der Waals surface area contributed by atoms with Gasteiger partial charge in [-0.1, -0.05) is 30.3 Å². The molecular weight excluding hydrogens is 340 g/mol. The van der Waals surface area contributed by atoms with Crippen molar-refractivity contribution < 1.29 is 4.79 Å². The number of carbonyl (C=O) groups excluding carboxylic acids is 1. The number of nitrogens with zero attached hydrogens (tertiary/aromatic N) is 6. The van der Waals surface area contributed by atoms with Crippen LogP contribution < -0.4 is 4.90 Å². The summed E-state index contributed by atoms with van der Waals surface area (Å²) in [6, 6.07) is 14.0. The first-order valence-electron chi connectivity index (χ1n) is 9.21. The van der Waals surface area contributed by atoms with Crippen LogP contribution in [0.3, 0.4) is 0 Å². The van der Waals surface area contributed by atoms with Gasteiger partial charge in [-0.25, -0.2) is 9.67 Å². The smallest absolute Gasteiger partial charge is 0.276 e. The van der Waals surface area contributed by atoms with E-state index in [1.165, 1.54) is 5.56 Å². The highest BCUT2D eigenvalue weighted by Crippen LogP contribution is 2.15. The second-order valence-electron chi connectivity index (χ2n) is 6.54. The van der Waals surface area contributed by atoms with Gasteiger partial charge >= 0.3 is 0 Å². The summed E-state index contributed by atoms with van der Waals surface area (Å²) in [5.41, 5.74) is 2.54. The van der Waals surface area contributed by atoms with E-state index in [4.69, 9.17) is 0 Å². The number of aryl methyl sites for hydroxylation is 1. The van der Waals surface area contributed by atoms with E-state index in [1.54, 1.807) is 17.1 Å². The third kappa shape index (κ3) is 3.67. The molecule has 3 heterocycles. The Kier molecular flexibility index (Phi) is 4.82. The van der Waals surface area contributed by atoms with Crippen molar-refractivity contribution in [2.75, 3.05) is 31.1 Å². The molecule has 1 saturated heterocycles. The molecule has 0 radical (unpaired) electrons. The number of piperazine rings is 1. The van der Waals surface area contributed by atoms with E-state index in [0.29, 0.717) is 18.8 Å². The van der Waals surface area contributed by atoms with Crippen LogP contribution in [-0.2, 0) is 6.42 Å². The molecule has 4 rings (SSSR count). The topological polar surface area (TPSA) is 67.2 Å². The van der Waals surface area contributed by atoms with Gasteiger partial charge < -0.3 is 9.80 Å². The van der Waals surface area contributed by atoms with Crippen LogP contribution in [0.5, 0.6) is 0 Å². The van der Waals surface area contributed by atoms with Gasteiger partial charge in [0.25, 0.3) is 5.91 Å². The Balaban J connectivity index is 1.41. The minimum Gasteiger partial charge on any atom is -0.353 e. The quantitative estimate of drug-likeness (QED) is 0.712. The van der Waals surface area contributed by atoms with Gasteiger partial charge in [0.15, 0.2) is 5.69 Å². The van der Waals surface area contributed by atoms with E-state index < -0.39 is 0 Å². The lowest BCUT2D eigenvalue weighted by atomic mass is 10.1. The summed E-state index contributed by atoms with van der Waals surface area (Å²) in [7, 11) is 0. The summed E-state index contributed by atoms with van der Waals surface area (Å²) in [4.78, 5) is 21.2. The molecule has 1 aliphatic rings. The van der Waals surface area contributed by atoms with Crippen LogP contribution in [0, 0.1) is 0 Å². The molecule has 1 amide bonds. The van der Waals surface area contributed by atoms with Gasteiger partial charge in [-0.15, -0.1) is 5.10 Å². The molecule has 138 valence electrons. The van der Waals surface area contributed by atoms with Gasteiger partial charge in [0.2, 0.25) is 0 Å². The minimum absolute atomic E-state index is 0.0768. The summed E-state index contributed by atoms with van der Waals surface area (Å²) in [6.07, 6.45) is 4.48. The molecule has 0 spiro atoms. The van der Waals surface area contributed by atoms with Crippen LogP contribution in [0.15, 0.2) is 54.9 Å². The van der Waals surface area contributed by atoms with Crippen molar-refractivity contribution in [1.82, 2.24) is 24.9 Å². The predicted molar refractivity (Wildman–Crippen MR) is 103 cm³/mol. The van der Waals surface area contributed by atoms with Crippen molar-refractivity contribution in [3.8, 4) is 5.69 Å². The van der Waals surface area contributed by atoms with Crippen molar-refractivity contribution >= 4 is 11.7 Å². The van der Waals surface area contributed by atoms with Crippen LogP contribution >= 0.6 is 0 Å². The highest BCUT2D eigenvalue weighted by Gasteiger charge is 2.24. The molecule has 1 fully saturated rings. The van der Waals surface area contributed by atoms with E-state index in [9.17, 15) is 4.79 Å². The highest BCUT2D eigenvalue weighted by atomic mass is 16.2. The summed E-state index contributed by atoms with van der Waals surface area (Å²) >= 11 is 0. The molecule has 0 N–H and O–H groups in total. The zero-order chi connectivity index (χ0) is 18.6. The zero-order valence-electron chi connectivity index (χ0n) is 15.3. The molecule has 3 aromatic rings. The van der Waals surface area contributed by atoms with Gasteiger partial charge in [0.1, 0.15) is 5.82 Å². The maximum atomic E-state index is 12.8. The number of hydrogen-bond acceptors (Lipinski definition) is 5. The number of aromatic nitrogens is 4. The fourth-order valence-electron chi connectivity index (χ4n) is 3.21. The monoisotopic (exact) mass is 362 g/mol. The van der Waals surface area contributed by atoms with Gasteiger partial charge in [-0.05, 0) is 36.2 Å². The molecule has 2 aromatic heterocycles. The molecule has 1 aromatic carbocycles. The van der Waals surface area contributed by atoms with Crippen molar-refractivity contribution in [2.45, 2.75) is 13.3 Å². The molecule has 27 heavy (non-hydrogen) atoms. The maximum Gasteiger partial charge on any atom is 0.276 e. The molecule has 0 atom stereocenters. The van der Waals surface area contributed by atoms with E-state index in [-0.39, 0.29) is 5.91 Å². The van der Waals surface area contributed by atoms with Gasteiger partial charge in [-0.2, -0.15) is 0 Å². The first kappa shape index (κ1) is 17.2. The fraction of sp³-hybridized carbons (Fsp3) is 0.300. The van der Waals surface area contributed by atoms with Crippen molar-refractivity contribution in [1.29, 1.82) is 0 Å². The Morgan fingerprint density at radius 2 is 1.81 bits per heavy atom. The van der Waals surface area contributed by atoms with Gasteiger partial charge in [0, 0.05) is 32.4 Å². The Morgan fingerprint density at radius 3 is 2.48 bits per heavy atom. The summed E-state index contributed by atoms with van der Waals surface area (Å²) in [5.74, 6) is 0.873. The molecular formula is C20H22N6O. The number of rotatable bonds is 4. The van der Waals surface area contributed by atoms with Gasteiger partial charge in [0.05, 0.1) is 11.9 Å². The van der Waals surface area contributed by atoms with E-state index in [0.717, 1.165) is 31.0 Å².